The first-order valence-electron chi connectivity index (χ1n) is 9.68. The van der Waals surface area contributed by atoms with Crippen molar-refractivity contribution in [2.75, 3.05) is 0 Å². The van der Waals surface area contributed by atoms with Gasteiger partial charge in [-0.2, -0.15) is 0 Å². The molecule has 1 aliphatic heterocycles. The average molecular weight is 357 g/mol. The lowest BCUT2D eigenvalue weighted by Crippen LogP contribution is -2.44. The van der Waals surface area contributed by atoms with Crippen LogP contribution >= 0.6 is 0 Å². The van der Waals surface area contributed by atoms with Crippen molar-refractivity contribution in [1.29, 1.82) is 0 Å². The van der Waals surface area contributed by atoms with Crippen LogP contribution in [0.1, 0.15) is 58.4 Å². The molecule has 4 nitrogen and oxygen atoms in total. The lowest BCUT2D eigenvalue weighted by atomic mass is 9.91. The summed E-state index contributed by atoms with van der Waals surface area (Å²) in [5, 5.41) is 6.29. The summed E-state index contributed by atoms with van der Waals surface area (Å²) in [6.07, 6.45) is 6.06. The van der Waals surface area contributed by atoms with Gasteiger partial charge in [-0.05, 0) is 30.2 Å². The van der Waals surface area contributed by atoms with E-state index in [2.05, 4.69) is 50.5 Å². The minimum absolute atomic E-state index is 0.0669. The summed E-state index contributed by atoms with van der Waals surface area (Å²) in [7, 11) is 0. The Kier molecular flexibility index (Phi) is 7.43. The molecular formula is C22H32N2O2. The van der Waals surface area contributed by atoms with Gasteiger partial charge in [-0.25, -0.2) is 0 Å². The van der Waals surface area contributed by atoms with Gasteiger partial charge in [0.1, 0.15) is 0 Å². The molecule has 1 aromatic rings. The number of hydrogen-bond acceptors (Lipinski definition) is 2. The van der Waals surface area contributed by atoms with Crippen molar-refractivity contribution in [1.82, 2.24) is 10.6 Å². The minimum atomic E-state index is -0.464. The number of rotatable bonds is 3. The van der Waals surface area contributed by atoms with E-state index in [-0.39, 0.29) is 30.3 Å². The highest BCUT2D eigenvalue weighted by Gasteiger charge is 2.28. The van der Waals surface area contributed by atoms with Crippen molar-refractivity contribution < 1.29 is 9.59 Å². The van der Waals surface area contributed by atoms with E-state index in [0.717, 1.165) is 18.4 Å². The van der Waals surface area contributed by atoms with Gasteiger partial charge >= 0.3 is 0 Å². The molecule has 0 radical (unpaired) electrons. The van der Waals surface area contributed by atoms with Crippen LogP contribution in [-0.2, 0) is 9.59 Å². The Hall–Kier alpha value is -2.10. The van der Waals surface area contributed by atoms with Crippen molar-refractivity contribution in [3.63, 3.8) is 0 Å². The molecule has 3 atom stereocenters. The van der Waals surface area contributed by atoms with E-state index < -0.39 is 5.92 Å². The second kappa shape index (κ2) is 9.56. The molecule has 0 unspecified atom stereocenters. The van der Waals surface area contributed by atoms with E-state index >= 15 is 0 Å². The highest BCUT2D eigenvalue weighted by Crippen LogP contribution is 2.22. The third kappa shape index (κ3) is 5.72. The Balaban J connectivity index is 2.31. The number of benzene rings is 1. The summed E-state index contributed by atoms with van der Waals surface area (Å²) in [6.45, 7) is 8.46. The first-order chi connectivity index (χ1) is 12.4. The van der Waals surface area contributed by atoms with Crippen LogP contribution in [0.5, 0.6) is 0 Å². The van der Waals surface area contributed by atoms with Crippen LogP contribution in [0.25, 0.3) is 0 Å². The Labute approximate surface area is 157 Å². The van der Waals surface area contributed by atoms with Gasteiger partial charge in [-0.1, -0.05) is 70.2 Å². The Morgan fingerprint density at radius 3 is 1.92 bits per heavy atom. The van der Waals surface area contributed by atoms with Gasteiger partial charge in [-0.15, -0.1) is 0 Å². The van der Waals surface area contributed by atoms with Crippen LogP contribution in [0, 0.1) is 11.8 Å². The molecule has 2 N–H and O–H groups in total. The van der Waals surface area contributed by atoms with Crippen LogP contribution in [0.3, 0.4) is 0 Å². The predicted octanol–water partition coefficient (Wildman–Crippen LogP) is 3.79. The molecular weight excluding hydrogens is 324 g/mol. The summed E-state index contributed by atoms with van der Waals surface area (Å²) in [4.78, 5) is 25.6. The number of carbonyl (C=O) groups excluding carboxylic acids is 2. The van der Waals surface area contributed by atoms with Gasteiger partial charge in [0.05, 0.1) is 5.92 Å². The summed E-state index contributed by atoms with van der Waals surface area (Å²) < 4.78 is 0. The second-order valence-electron chi connectivity index (χ2n) is 7.89. The third-order valence-electron chi connectivity index (χ3n) is 5.14. The van der Waals surface area contributed by atoms with Gasteiger partial charge in [0.25, 0.3) is 0 Å². The van der Waals surface area contributed by atoms with Crippen molar-refractivity contribution in [3.05, 3.63) is 48.0 Å². The molecule has 0 fully saturated rings. The normalized spacial score (nSPS) is 26.6. The molecule has 1 aliphatic rings. The highest BCUT2D eigenvalue weighted by atomic mass is 16.2. The third-order valence-corrected chi connectivity index (χ3v) is 5.14. The number of carbonyl (C=O) groups is 2. The average Bonchev–Trinajstić information content (AvgIpc) is 2.60. The maximum Gasteiger partial charge on any atom is 0.228 e. The van der Waals surface area contributed by atoms with Crippen LogP contribution in [0.2, 0.25) is 0 Å². The maximum atomic E-state index is 13.0. The first kappa shape index (κ1) is 20.2. The van der Waals surface area contributed by atoms with Crippen molar-refractivity contribution >= 4 is 11.8 Å². The van der Waals surface area contributed by atoms with E-state index in [0.29, 0.717) is 11.8 Å². The zero-order valence-corrected chi connectivity index (χ0v) is 16.4. The van der Waals surface area contributed by atoms with Gasteiger partial charge in [0.15, 0.2) is 0 Å². The number of hydrogen-bond donors (Lipinski definition) is 2. The molecule has 0 aliphatic carbocycles. The van der Waals surface area contributed by atoms with Gasteiger partial charge in [0, 0.05) is 18.5 Å². The molecule has 1 heterocycles. The van der Waals surface area contributed by atoms with Crippen molar-refractivity contribution in [3.8, 4) is 0 Å². The van der Waals surface area contributed by atoms with Crippen LogP contribution in [-0.4, -0.2) is 23.9 Å². The lowest BCUT2D eigenvalue weighted by molar-refractivity contribution is -0.129. The number of nitrogens with one attached hydrogen (secondary N) is 2. The molecule has 0 spiro atoms. The Morgan fingerprint density at radius 2 is 1.38 bits per heavy atom. The highest BCUT2D eigenvalue weighted by molar-refractivity contribution is 5.90. The summed E-state index contributed by atoms with van der Waals surface area (Å²) in [5.74, 6) is 0.0747. The molecule has 26 heavy (non-hydrogen) atoms. The fourth-order valence-corrected chi connectivity index (χ4v) is 3.26. The van der Waals surface area contributed by atoms with E-state index in [4.69, 9.17) is 0 Å². The maximum absolute atomic E-state index is 13.0. The number of amides is 2. The van der Waals surface area contributed by atoms with Crippen LogP contribution in [0.15, 0.2) is 42.5 Å². The molecule has 2 amide bonds. The van der Waals surface area contributed by atoms with E-state index in [1.807, 2.05) is 30.3 Å². The van der Waals surface area contributed by atoms with E-state index in [1.165, 1.54) is 0 Å². The fourth-order valence-electron chi connectivity index (χ4n) is 3.26. The quantitative estimate of drug-likeness (QED) is 0.810. The van der Waals surface area contributed by atoms with Crippen LogP contribution < -0.4 is 10.6 Å². The molecule has 2 rings (SSSR count). The van der Waals surface area contributed by atoms with Crippen molar-refractivity contribution in [2.45, 2.75) is 65.0 Å². The van der Waals surface area contributed by atoms with E-state index in [1.54, 1.807) is 0 Å². The second-order valence-corrected chi connectivity index (χ2v) is 7.89. The summed E-state index contributed by atoms with van der Waals surface area (Å²) in [5.41, 5.74) is 0.886. The molecule has 0 saturated heterocycles. The predicted molar refractivity (Wildman–Crippen MR) is 106 cm³/mol. The minimum Gasteiger partial charge on any atom is -0.353 e. The molecule has 142 valence electrons. The van der Waals surface area contributed by atoms with Gasteiger partial charge in [0.2, 0.25) is 11.8 Å². The monoisotopic (exact) mass is 356 g/mol. The Bertz CT molecular complexity index is 622. The largest absolute Gasteiger partial charge is 0.353 e. The van der Waals surface area contributed by atoms with Crippen LogP contribution in [0.4, 0.5) is 0 Å². The summed E-state index contributed by atoms with van der Waals surface area (Å²) >= 11 is 0. The zero-order chi connectivity index (χ0) is 19.1. The SMILES string of the molecule is CC(C)[C@H]1C/C=C\C[C@H](C(C)C)NC(=O)[C@H](c2ccccc2)CC(=O)N1. The lowest BCUT2D eigenvalue weighted by Gasteiger charge is -2.27. The van der Waals surface area contributed by atoms with E-state index in [9.17, 15) is 9.59 Å². The van der Waals surface area contributed by atoms with Gasteiger partial charge < -0.3 is 10.6 Å². The summed E-state index contributed by atoms with van der Waals surface area (Å²) in [6, 6.07) is 9.77. The molecule has 0 saturated carbocycles. The van der Waals surface area contributed by atoms with Gasteiger partial charge in [-0.3, -0.25) is 9.59 Å². The van der Waals surface area contributed by atoms with Crippen molar-refractivity contribution in [2.24, 2.45) is 11.8 Å². The molecule has 0 bridgehead atoms. The standard InChI is InChI=1S/C22H32N2O2/c1-15(2)19-12-8-9-13-20(16(3)4)24-22(26)18(14-21(25)23-19)17-10-6-5-7-11-17/h5-11,15-16,18-20H,12-14H2,1-4H3,(H,23,25)(H,24,26)/b9-8-/t18-,19+,20+/m0/s1. The smallest absolute Gasteiger partial charge is 0.228 e. The molecule has 1 aromatic carbocycles. The fraction of sp³-hybridized carbons (Fsp3) is 0.545. The topological polar surface area (TPSA) is 58.2 Å². The zero-order valence-electron chi connectivity index (χ0n) is 16.4. The molecule has 4 heteroatoms. The Morgan fingerprint density at radius 1 is 0.846 bits per heavy atom. The first-order valence-corrected chi connectivity index (χ1v) is 9.68. The molecule has 0 aromatic heterocycles.